The van der Waals surface area contributed by atoms with Gasteiger partial charge in [-0.2, -0.15) is 5.26 Å². The molecule has 0 saturated carbocycles. The van der Waals surface area contributed by atoms with Gasteiger partial charge in [0.25, 0.3) is 0 Å². The van der Waals surface area contributed by atoms with E-state index in [9.17, 15) is 10.1 Å². The number of benzene rings is 1. The van der Waals surface area contributed by atoms with Crippen LogP contribution in [0.15, 0.2) is 52.2 Å². The van der Waals surface area contributed by atoms with Gasteiger partial charge >= 0.3 is 0 Å². The van der Waals surface area contributed by atoms with Gasteiger partial charge in [0.2, 0.25) is 0 Å². The molecule has 5 nitrogen and oxygen atoms in total. The summed E-state index contributed by atoms with van der Waals surface area (Å²) in [7, 11) is 0. The van der Waals surface area contributed by atoms with Crippen molar-refractivity contribution in [2.45, 2.75) is 19.8 Å². The van der Waals surface area contributed by atoms with Gasteiger partial charge in [-0.05, 0) is 19.4 Å². The molecule has 1 saturated heterocycles. The number of nitrogens with one attached hydrogen (secondary N) is 2. The molecule has 2 heterocycles. The Morgan fingerprint density at radius 1 is 1.28 bits per heavy atom. The maximum absolute atomic E-state index is 11.9. The molecule has 0 radical (unpaired) electrons. The predicted molar refractivity (Wildman–Crippen MR) is 101 cm³/mol. The van der Waals surface area contributed by atoms with Crippen LogP contribution in [-0.2, 0) is 9.53 Å². The molecule has 2 N–H and O–H groups in total. The normalized spacial score (nSPS) is 20.2. The third-order valence-electron chi connectivity index (χ3n) is 4.02. The third kappa shape index (κ3) is 4.95. The van der Waals surface area contributed by atoms with E-state index >= 15 is 0 Å². The van der Waals surface area contributed by atoms with Crippen molar-refractivity contribution >= 4 is 18.4 Å². The van der Waals surface area contributed by atoms with Gasteiger partial charge in [0, 0.05) is 24.4 Å². The van der Waals surface area contributed by atoms with Crippen LogP contribution < -0.4 is 10.6 Å². The standard InChI is InChI=1S/C15H14N2OS.C4H9NO/c1-9-13(10(2)18)14(11-6-4-3-5-7-11)12(8-16)15(19)17-9;1-3-6-4-2-5-1/h3-7,14,17,19H,1-2H3;5H,1-4H2. The number of ether oxygens (including phenoxy) is 1. The fourth-order valence-electron chi connectivity index (χ4n) is 2.89. The summed E-state index contributed by atoms with van der Waals surface area (Å²) in [6.07, 6.45) is 0. The summed E-state index contributed by atoms with van der Waals surface area (Å²) in [4.78, 5) is 11.9. The molecule has 1 aromatic carbocycles. The second-order valence-corrected chi connectivity index (χ2v) is 6.25. The highest BCUT2D eigenvalue weighted by atomic mass is 32.1. The predicted octanol–water partition coefficient (Wildman–Crippen LogP) is 2.51. The van der Waals surface area contributed by atoms with E-state index in [0.29, 0.717) is 16.2 Å². The minimum Gasteiger partial charge on any atom is -0.379 e. The molecule has 0 aromatic heterocycles. The zero-order chi connectivity index (χ0) is 18.2. The smallest absolute Gasteiger partial charge is 0.158 e. The van der Waals surface area contributed by atoms with E-state index in [0.717, 1.165) is 37.6 Å². The Balaban J connectivity index is 0.000000316. The van der Waals surface area contributed by atoms with Gasteiger partial charge in [-0.1, -0.05) is 30.3 Å². The van der Waals surface area contributed by atoms with Crippen LogP contribution in [0.1, 0.15) is 25.3 Å². The third-order valence-corrected chi connectivity index (χ3v) is 4.37. The number of nitriles is 1. The zero-order valence-corrected chi connectivity index (χ0v) is 15.4. The summed E-state index contributed by atoms with van der Waals surface area (Å²) in [6, 6.07) is 11.7. The van der Waals surface area contributed by atoms with E-state index in [1.54, 1.807) is 0 Å². The van der Waals surface area contributed by atoms with Gasteiger partial charge in [0.15, 0.2) is 5.78 Å². The highest BCUT2D eigenvalue weighted by Crippen LogP contribution is 2.38. The largest absolute Gasteiger partial charge is 0.379 e. The van der Waals surface area contributed by atoms with Crippen LogP contribution in [0.3, 0.4) is 0 Å². The van der Waals surface area contributed by atoms with Crippen LogP contribution in [0.25, 0.3) is 0 Å². The first-order valence-electron chi connectivity index (χ1n) is 8.21. The quantitative estimate of drug-likeness (QED) is 0.709. The van der Waals surface area contributed by atoms with Crippen LogP contribution in [0.5, 0.6) is 0 Å². The maximum Gasteiger partial charge on any atom is 0.158 e. The molecule has 0 aliphatic carbocycles. The number of morpholine rings is 1. The van der Waals surface area contributed by atoms with Crippen molar-refractivity contribution in [3.8, 4) is 6.07 Å². The molecule has 1 fully saturated rings. The number of hydrogen-bond acceptors (Lipinski definition) is 6. The molecule has 0 bridgehead atoms. The number of ketones is 1. The molecule has 2 aliphatic heterocycles. The van der Waals surface area contributed by atoms with Gasteiger partial charge in [0.1, 0.15) is 0 Å². The maximum atomic E-state index is 11.9. The Morgan fingerprint density at radius 3 is 2.36 bits per heavy atom. The average Bonchev–Trinajstić information content (AvgIpc) is 2.63. The molecule has 25 heavy (non-hydrogen) atoms. The zero-order valence-electron chi connectivity index (χ0n) is 14.5. The lowest BCUT2D eigenvalue weighted by Crippen LogP contribution is -2.30. The van der Waals surface area contributed by atoms with Crippen molar-refractivity contribution in [2.24, 2.45) is 0 Å². The van der Waals surface area contributed by atoms with Crippen LogP contribution >= 0.6 is 12.6 Å². The minimum atomic E-state index is -0.336. The number of carbonyl (C=O) groups excluding carboxylic acids is 1. The molecular formula is C19H23N3O2S. The molecule has 6 heteroatoms. The first-order chi connectivity index (χ1) is 12.1. The number of Topliss-reactive ketones (excluding diaryl/α,β-unsaturated/α-hetero) is 1. The Kier molecular flexibility index (Phi) is 7.26. The van der Waals surface area contributed by atoms with E-state index in [4.69, 9.17) is 4.74 Å². The summed E-state index contributed by atoms with van der Waals surface area (Å²) in [5.74, 6) is -0.370. The van der Waals surface area contributed by atoms with Gasteiger partial charge < -0.3 is 15.4 Å². The number of allylic oxidation sites excluding steroid dienone is 3. The molecule has 0 spiro atoms. The molecule has 2 aliphatic rings. The fraction of sp³-hybridized carbons (Fsp3) is 0.368. The molecule has 1 atom stereocenters. The van der Waals surface area contributed by atoms with Crippen molar-refractivity contribution in [2.75, 3.05) is 26.3 Å². The minimum absolute atomic E-state index is 0.0348. The Hall–Kier alpha value is -2.07. The topological polar surface area (TPSA) is 74.2 Å². The van der Waals surface area contributed by atoms with Gasteiger partial charge in [0.05, 0.1) is 35.8 Å². The number of carbonyl (C=O) groups is 1. The summed E-state index contributed by atoms with van der Waals surface area (Å²) >= 11 is 4.31. The average molecular weight is 357 g/mol. The highest BCUT2D eigenvalue weighted by molar-refractivity contribution is 7.84. The first kappa shape index (κ1) is 19.3. The van der Waals surface area contributed by atoms with E-state index in [1.165, 1.54) is 6.92 Å². The van der Waals surface area contributed by atoms with Crippen molar-refractivity contribution in [3.05, 3.63) is 57.8 Å². The highest BCUT2D eigenvalue weighted by Gasteiger charge is 2.31. The van der Waals surface area contributed by atoms with Crippen LogP contribution in [-0.4, -0.2) is 32.1 Å². The number of thiol groups is 1. The SMILES string of the molecule is C1COCCN1.CC(=O)C1=C(C)NC(S)=C(C#N)C1c1ccccc1. The van der Waals surface area contributed by atoms with Gasteiger partial charge in [-0.25, -0.2) is 0 Å². The lowest BCUT2D eigenvalue weighted by molar-refractivity contribution is -0.113. The van der Waals surface area contributed by atoms with Crippen LogP contribution in [0.4, 0.5) is 0 Å². The summed E-state index contributed by atoms with van der Waals surface area (Å²) in [5.41, 5.74) is 2.79. The molecule has 3 rings (SSSR count). The summed E-state index contributed by atoms with van der Waals surface area (Å²) < 4.78 is 5.01. The fourth-order valence-corrected chi connectivity index (χ4v) is 3.24. The Bertz CT molecular complexity index is 704. The Morgan fingerprint density at radius 2 is 1.92 bits per heavy atom. The summed E-state index contributed by atoms with van der Waals surface area (Å²) in [6.45, 7) is 7.19. The number of nitrogens with zero attached hydrogens (tertiary/aromatic N) is 1. The van der Waals surface area contributed by atoms with Crippen molar-refractivity contribution in [3.63, 3.8) is 0 Å². The van der Waals surface area contributed by atoms with Crippen molar-refractivity contribution < 1.29 is 9.53 Å². The number of hydrogen-bond donors (Lipinski definition) is 3. The van der Waals surface area contributed by atoms with E-state index < -0.39 is 0 Å². The molecular weight excluding hydrogens is 334 g/mol. The van der Waals surface area contributed by atoms with Crippen LogP contribution in [0, 0.1) is 11.3 Å². The van der Waals surface area contributed by atoms with Gasteiger partial charge in [-0.3, -0.25) is 4.79 Å². The van der Waals surface area contributed by atoms with Crippen LogP contribution in [0.2, 0.25) is 0 Å². The molecule has 1 aromatic rings. The lowest BCUT2D eigenvalue weighted by Gasteiger charge is -2.27. The van der Waals surface area contributed by atoms with E-state index in [-0.39, 0.29) is 11.7 Å². The second-order valence-electron chi connectivity index (χ2n) is 5.80. The van der Waals surface area contributed by atoms with E-state index in [2.05, 4.69) is 29.3 Å². The summed E-state index contributed by atoms with van der Waals surface area (Å²) in [5, 5.41) is 16.0. The molecule has 0 amide bonds. The van der Waals surface area contributed by atoms with Gasteiger partial charge in [-0.15, -0.1) is 12.6 Å². The molecule has 132 valence electrons. The lowest BCUT2D eigenvalue weighted by atomic mass is 9.81. The molecule has 1 unspecified atom stereocenters. The Labute approximate surface area is 154 Å². The van der Waals surface area contributed by atoms with Crippen molar-refractivity contribution in [1.82, 2.24) is 10.6 Å². The monoisotopic (exact) mass is 357 g/mol. The van der Waals surface area contributed by atoms with Crippen molar-refractivity contribution in [1.29, 1.82) is 5.26 Å². The number of dihydropyridines is 1. The first-order valence-corrected chi connectivity index (χ1v) is 8.66. The number of rotatable bonds is 2. The second kappa shape index (κ2) is 9.42. The van der Waals surface area contributed by atoms with E-state index in [1.807, 2.05) is 37.3 Å².